The monoisotopic (exact) mass is 359 g/mol. The van der Waals surface area contributed by atoms with E-state index in [1.165, 1.54) is 0 Å². The number of hydrogen-bond donors (Lipinski definition) is 0. The maximum absolute atomic E-state index is 9.10. The Morgan fingerprint density at radius 1 is 1.24 bits per heavy atom. The zero-order valence-electron chi connectivity index (χ0n) is 11.1. The van der Waals surface area contributed by atoms with Crippen LogP contribution in [0.3, 0.4) is 0 Å². The van der Waals surface area contributed by atoms with Crippen LogP contribution in [-0.4, -0.2) is 15.4 Å². The lowest BCUT2D eigenvalue weighted by Gasteiger charge is -2.09. The summed E-state index contributed by atoms with van der Waals surface area (Å²) >= 11 is 9.39. The van der Waals surface area contributed by atoms with Gasteiger partial charge in [-0.15, -0.1) is 11.6 Å². The van der Waals surface area contributed by atoms with Crippen molar-refractivity contribution in [3.63, 3.8) is 0 Å². The van der Waals surface area contributed by atoms with Gasteiger partial charge in [0.2, 0.25) is 0 Å². The summed E-state index contributed by atoms with van der Waals surface area (Å²) in [6, 6.07) is 15.7. The number of nitriles is 1. The van der Waals surface area contributed by atoms with Crippen LogP contribution in [-0.2, 0) is 6.42 Å². The third-order valence-corrected chi connectivity index (χ3v) is 3.92. The van der Waals surface area contributed by atoms with Crippen LogP contribution in [0.2, 0.25) is 0 Å². The number of halogens is 2. The summed E-state index contributed by atoms with van der Waals surface area (Å²) in [5.74, 6) is 1.40. The van der Waals surface area contributed by atoms with Gasteiger partial charge in [-0.2, -0.15) is 5.26 Å². The molecule has 5 heteroatoms. The first-order valence-electron chi connectivity index (χ1n) is 6.46. The van der Waals surface area contributed by atoms with Crippen molar-refractivity contribution >= 4 is 38.6 Å². The zero-order chi connectivity index (χ0) is 14.8. The van der Waals surface area contributed by atoms with E-state index in [-0.39, 0.29) is 0 Å². The number of fused-ring (bicyclic) bond motifs is 1. The standard InChI is InChI=1S/C16H11BrClN3/c17-12-2-1-3-13(9-12)21-15-8-11(10-19)4-5-14(15)20-16(21)6-7-18/h1-5,8-9H,6-7H2. The Morgan fingerprint density at radius 3 is 2.81 bits per heavy atom. The second-order valence-electron chi connectivity index (χ2n) is 4.60. The third-order valence-electron chi connectivity index (χ3n) is 3.24. The van der Waals surface area contributed by atoms with E-state index < -0.39 is 0 Å². The fourth-order valence-electron chi connectivity index (χ4n) is 2.35. The minimum atomic E-state index is 0.502. The van der Waals surface area contributed by atoms with Gasteiger partial charge in [-0.05, 0) is 36.4 Å². The molecule has 0 aliphatic carbocycles. The van der Waals surface area contributed by atoms with Gasteiger partial charge in [0.1, 0.15) is 5.82 Å². The fourth-order valence-corrected chi connectivity index (χ4v) is 2.91. The van der Waals surface area contributed by atoms with Crippen LogP contribution in [0.5, 0.6) is 0 Å². The van der Waals surface area contributed by atoms with Gasteiger partial charge in [-0.25, -0.2) is 4.98 Å². The Balaban J connectivity index is 2.31. The van der Waals surface area contributed by atoms with Crippen molar-refractivity contribution in [2.45, 2.75) is 6.42 Å². The average Bonchev–Trinajstić information content (AvgIpc) is 2.84. The molecule has 21 heavy (non-hydrogen) atoms. The molecule has 0 N–H and O–H groups in total. The normalized spacial score (nSPS) is 10.7. The molecule has 0 aliphatic heterocycles. The summed E-state index contributed by atoms with van der Waals surface area (Å²) in [4.78, 5) is 4.64. The van der Waals surface area contributed by atoms with Crippen molar-refractivity contribution in [1.29, 1.82) is 5.26 Å². The molecule has 2 aromatic carbocycles. The lowest BCUT2D eigenvalue weighted by Crippen LogP contribution is -2.02. The Labute approximate surface area is 135 Å². The largest absolute Gasteiger partial charge is 0.296 e. The first-order valence-corrected chi connectivity index (χ1v) is 7.79. The minimum absolute atomic E-state index is 0.502. The van der Waals surface area contributed by atoms with Crippen molar-refractivity contribution in [2.24, 2.45) is 0 Å². The molecule has 0 amide bonds. The molecule has 1 aromatic heterocycles. The lowest BCUT2D eigenvalue weighted by molar-refractivity contribution is 0.912. The molecule has 0 fully saturated rings. The predicted molar refractivity (Wildman–Crippen MR) is 87.9 cm³/mol. The second-order valence-corrected chi connectivity index (χ2v) is 5.89. The summed E-state index contributed by atoms with van der Waals surface area (Å²) in [7, 11) is 0. The Bertz CT molecular complexity index is 848. The van der Waals surface area contributed by atoms with E-state index in [1.54, 1.807) is 6.07 Å². The van der Waals surface area contributed by atoms with Gasteiger partial charge in [0.25, 0.3) is 0 Å². The molecule has 3 aromatic rings. The highest BCUT2D eigenvalue weighted by Crippen LogP contribution is 2.25. The number of benzene rings is 2. The molecule has 0 aliphatic rings. The van der Waals surface area contributed by atoms with Crippen LogP contribution in [0.25, 0.3) is 16.7 Å². The van der Waals surface area contributed by atoms with Crippen LogP contribution >= 0.6 is 27.5 Å². The molecule has 0 saturated heterocycles. The molecule has 104 valence electrons. The number of aryl methyl sites for hydroxylation is 1. The highest BCUT2D eigenvalue weighted by atomic mass is 79.9. The average molecular weight is 361 g/mol. The molecule has 0 saturated carbocycles. The van der Waals surface area contributed by atoms with E-state index in [4.69, 9.17) is 16.9 Å². The highest BCUT2D eigenvalue weighted by molar-refractivity contribution is 9.10. The quantitative estimate of drug-likeness (QED) is 0.648. The Morgan fingerprint density at radius 2 is 2.10 bits per heavy atom. The Kier molecular flexibility index (Phi) is 3.96. The number of rotatable bonds is 3. The second kappa shape index (κ2) is 5.88. The SMILES string of the molecule is N#Cc1ccc2nc(CCCl)n(-c3cccc(Br)c3)c2c1. The lowest BCUT2D eigenvalue weighted by atomic mass is 10.2. The predicted octanol–water partition coefficient (Wildman–Crippen LogP) is 4.44. The molecule has 1 heterocycles. The van der Waals surface area contributed by atoms with Crippen molar-refractivity contribution in [3.05, 3.63) is 58.3 Å². The maximum atomic E-state index is 9.10. The van der Waals surface area contributed by atoms with Crippen LogP contribution in [0, 0.1) is 11.3 Å². The smallest absolute Gasteiger partial charge is 0.115 e. The van der Waals surface area contributed by atoms with E-state index in [1.807, 2.05) is 36.4 Å². The molecular formula is C16H11BrClN3. The molecule has 0 unspecified atom stereocenters. The summed E-state index contributed by atoms with van der Waals surface area (Å²) in [6.07, 6.45) is 0.671. The minimum Gasteiger partial charge on any atom is -0.296 e. The summed E-state index contributed by atoms with van der Waals surface area (Å²) in [5.41, 5.74) is 3.42. The number of aromatic nitrogens is 2. The van der Waals surface area contributed by atoms with Crippen molar-refractivity contribution < 1.29 is 0 Å². The van der Waals surface area contributed by atoms with Gasteiger partial charge in [-0.1, -0.05) is 22.0 Å². The molecule has 0 spiro atoms. The first-order chi connectivity index (χ1) is 10.2. The molecule has 0 radical (unpaired) electrons. The third kappa shape index (κ3) is 2.67. The maximum Gasteiger partial charge on any atom is 0.115 e. The van der Waals surface area contributed by atoms with Crippen molar-refractivity contribution in [3.8, 4) is 11.8 Å². The van der Waals surface area contributed by atoms with Gasteiger partial charge >= 0.3 is 0 Å². The Hall–Kier alpha value is -1.83. The number of hydrogen-bond acceptors (Lipinski definition) is 2. The van der Waals surface area contributed by atoms with E-state index in [2.05, 4.69) is 31.6 Å². The highest BCUT2D eigenvalue weighted by Gasteiger charge is 2.13. The van der Waals surface area contributed by atoms with Gasteiger partial charge in [0.05, 0.1) is 22.7 Å². The van der Waals surface area contributed by atoms with Crippen LogP contribution in [0.15, 0.2) is 46.9 Å². The van der Waals surface area contributed by atoms with Gasteiger partial charge < -0.3 is 0 Å². The van der Waals surface area contributed by atoms with E-state index >= 15 is 0 Å². The molecular weight excluding hydrogens is 350 g/mol. The molecule has 0 bridgehead atoms. The van der Waals surface area contributed by atoms with Crippen molar-refractivity contribution in [2.75, 3.05) is 5.88 Å². The number of nitrogens with zero attached hydrogens (tertiary/aromatic N) is 3. The van der Waals surface area contributed by atoms with E-state index in [9.17, 15) is 0 Å². The van der Waals surface area contributed by atoms with Crippen LogP contribution in [0.4, 0.5) is 0 Å². The van der Waals surface area contributed by atoms with Crippen LogP contribution in [0.1, 0.15) is 11.4 Å². The van der Waals surface area contributed by atoms with Gasteiger partial charge in [-0.3, -0.25) is 4.57 Å². The summed E-state index contributed by atoms with van der Waals surface area (Å²) < 4.78 is 3.05. The van der Waals surface area contributed by atoms with Gasteiger partial charge in [0, 0.05) is 22.5 Å². The van der Waals surface area contributed by atoms with Crippen LogP contribution < -0.4 is 0 Å². The first kappa shape index (κ1) is 14.1. The summed E-state index contributed by atoms with van der Waals surface area (Å²) in [5, 5.41) is 9.10. The zero-order valence-corrected chi connectivity index (χ0v) is 13.4. The fraction of sp³-hybridized carbons (Fsp3) is 0.125. The molecule has 3 rings (SSSR count). The topological polar surface area (TPSA) is 41.6 Å². The van der Waals surface area contributed by atoms with E-state index in [0.29, 0.717) is 17.9 Å². The molecule has 0 atom stereocenters. The summed E-state index contributed by atoms with van der Waals surface area (Å²) in [6.45, 7) is 0. The number of alkyl halides is 1. The number of imidazole rings is 1. The van der Waals surface area contributed by atoms with Crippen molar-refractivity contribution in [1.82, 2.24) is 9.55 Å². The molecule has 3 nitrogen and oxygen atoms in total. The van der Waals surface area contributed by atoms with Gasteiger partial charge in [0.15, 0.2) is 0 Å². The van der Waals surface area contributed by atoms with E-state index in [0.717, 1.165) is 27.0 Å².